The number of aliphatic imine (C=N–C) groups is 1. The molecule has 118 valence electrons. The zero-order valence-electron chi connectivity index (χ0n) is 12.9. The van der Waals surface area contributed by atoms with Gasteiger partial charge in [0.05, 0.1) is 11.4 Å². The van der Waals surface area contributed by atoms with Crippen LogP contribution in [0.15, 0.2) is 59.6 Å². The van der Waals surface area contributed by atoms with Crippen molar-refractivity contribution in [1.82, 2.24) is 0 Å². The molecule has 2 aromatic carbocycles. The van der Waals surface area contributed by atoms with Crippen molar-refractivity contribution in [3.8, 4) is 0 Å². The molecular weight excluding hydrogens is 308 g/mol. The number of fused-ring (bicyclic) bond motifs is 1. The van der Waals surface area contributed by atoms with Crippen LogP contribution in [-0.4, -0.2) is 30.6 Å². The average Bonchev–Trinajstić information content (AvgIpc) is 2.73. The van der Waals surface area contributed by atoms with Gasteiger partial charge in [-0.05, 0) is 18.9 Å². The van der Waals surface area contributed by atoms with E-state index in [1.165, 1.54) is 0 Å². The van der Waals surface area contributed by atoms with Gasteiger partial charge in [0.1, 0.15) is 6.54 Å². The van der Waals surface area contributed by atoms with Crippen molar-refractivity contribution in [3.63, 3.8) is 0 Å². The largest absolute Gasteiger partial charge is 0.310 e. The Hall–Kier alpha value is -2.13. The first-order valence-electron chi connectivity index (χ1n) is 7.87. The van der Waals surface area contributed by atoms with E-state index in [1.54, 1.807) is 0 Å². The summed E-state index contributed by atoms with van der Waals surface area (Å²) in [7, 11) is 0. The Balaban J connectivity index is 2.01. The van der Waals surface area contributed by atoms with Gasteiger partial charge >= 0.3 is 0 Å². The molecule has 0 unspecified atom stereocenters. The molecule has 0 radical (unpaired) electrons. The molecule has 3 nitrogen and oxygen atoms in total. The van der Waals surface area contributed by atoms with Crippen LogP contribution in [0.3, 0.4) is 0 Å². The molecule has 1 aliphatic heterocycles. The smallest absolute Gasteiger partial charge is 0.248 e. The summed E-state index contributed by atoms with van der Waals surface area (Å²) in [5.41, 5.74) is 3.87. The van der Waals surface area contributed by atoms with Crippen LogP contribution in [0.1, 0.15) is 24.0 Å². The molecule has 0 spiro atoms. The molecule has 1 aliphatic rings. The van der Waals surface area contributed by atoms with Gasteiger partial charge in [-0.1, -0.05) is 48.5 Å². The Kier molecular flexibility index (Phi) is 5.09. The van der Waals surface area contributed by atoms with E-state index in [-0.39, 0.29) is 12.5 Å². The molecule has 4 heteroatoms. The molecule has 0 aromatic heterocycles. The molecule has 0 aliphatic carbocycles. The normalized spacial score (nSPS) is 14.2. The molecule has 2 aromatic rings. The van der Waals surface area contributed by atoms with Crippen LogP contribution in [0, 0.1) is 0 Å². The average molecular weight is 327 g/mol. The lowest BCUT2D eigenvalue weighted by Crippen LogP contribution is -2.33. The number of anilines is 1. The van der Waals surface area contributed by atoms with Gasteiger partial charge in [-0.15, -0.1) is 11.6 Å². The van der Waals surface area contributed by atoms with E-state index < -0.39 is 0 Å². The first-order chi connectivity index (χ1) is 11.3. The fraction of sp³-hybridized carbons (Fsp3) is 0.263. The summed E-state index contributed by atoms with van der Waals surface area (Å²) in [6.45, 7) is 0.861. The summed E-state index contributed by atoms with van der Waals surface area (Å²) in [6, 6.07) is 18.0. The van der Waals surface area contributed by atoms with Gasteiger partial charge in [-0.25, -0.2) is 0 Å². The maximum absolute atomic E-state index is 12.5. The number of unbranched alkanes of at least 4 members (excludes halogenated alkanes) is 1. The minimum Gasteiger partial charge on any atom is -0.310 e. The van der Waals surface area contributed by atoms with E-state index in [9.17, 15) is 4.79 Å². The quantitative estimate of drug-likeness (QED) is 0.606. The lowest BCUT2D eigenvalue weighted by Gasteiger charge is -2.23. The zero-order chi connectivity index (χ0) is 16.1. The third-order valence-electron chi connectivity index (χ3n) is 3.94. The lowest BCUT2D eigenvalue weighted by atomic mass is 10.00. The Morgan fingerprint density at radius 3 is 2.52 bits per heavy atom. The van der Waals surface area contributed by atoms with E-state index in [0.717, 1.165) is 35.4 Å². The van der Waals surface area contributed by atoms with Crippen LogP contribution in [0.25, 0.3) is 0 Å². The fourth-order valence-corrected chi connectivity index (χ4v) is 3.00. The molecule has 0 fully saturated rings. The molecule has 3 rings (SSSR count). The summed E-state index contributed by atoms with van der Waals surface area (Å²) >= 11 is 5.77. The Labute approximate surface area is 141 Å². The molecule has 0 saturated heterocycles. The van der Waals surface area contributed by atoms with Crippen molar-refractivity contribution < 1.29 is 4.79 Å². The second-order valence-corrected chi connectivity index (χ2v) is 5.87. The van der Waals surface area contributed by atoms with Gasteiger partial charge in [0.2, 0.25) is 5.91 Å². The molecule has 1 amide bonds. The highest BCUT2D eigenvalue weighted by Crippen LogP contribution is 2.27. The van der Waals surface area contributed by atoms with Crippen molar-refractivity contribution >= 4 is 28.9 Å². The molecule has 0 bridgehead atoms. The Morgan fingerprint density at radius 1 is 1.00 bits per heavy atom. The molecular formula is C19H19ClN2O. The molecule has 0 atom stereocenters. The number of nitrogens with zero attached hydrogens (tertiary/aromatic N) is 2. The van der Waals surface area contributed by atoms with Gasteiger partial charge in [-0.2, -0.15) is 0 Å². The van der Waals surface area contributed by atoms with Crippen LogP contribution < -0.4 is 4.90 Å². The molecule has 23 heavy (non-hydrogen) atoms. The summed E-state index contributed by atoms with van der Waals surface area (Å²) in [5.74, 6) is 0.660. The van der Waals surface area contributed by atoms with E-state index in [0.29, 0.717) is 12.4 Å². The van der Waals surface area contributed by atoms with Crippen LogP contribution in [0.4, 0.5) is 5.69 Å². The number of hydrogen-bond donors (Lipinski definition) is 0. The maximum Gasteiger partial charge on any atom is 0.248 e. The number of alkyl halides is 1. The van der Waals surface area contributed by atoms with Crippen LogP contribution in [-0.2, 0) is 4.79 Å². The number of benzene rings is 2. The Morgan fingerprint density at radius 2 is 1.74 bits per heavy atom. The number of halogens is 1. The second kappa shape index (κ2) is 7.42. The third-order valence-corrected chi connectivity index (χ3v) is 4.20. The summed E-state index contributed by atoms with van der Waals surface area (Å²) < 4.78 is 0. The van der Waals surface area contributed by atoms with Crippen LogP contribution in [0.2, 0.25) is 0 Å². The van der Waals surface area contributed by atoms with E-state index in [1.807, 2.05) is 59.5 Å². The highest BCUT2D eigenvalue weighted by molar-refractivity contribution is 6.19. The van der Waals surface area contributed by atoms with Gasteiger partial charge in [-0.3, -0.25) is 9.79 Å². The summed E-state index contributed by atoms with van der Waals surface area (Å²) in [5, 5.41) is 0. The fourth-order valence-electron chi connectivity index (χ4n) is 2.81. The van der Waals surface area contributed by atoms with Gasteiger partial charge in [0, 0.05) is 23.6 Å². The maximum atomic E-state index is 12.5. The number of benzodiazepines with no additional fused rings is 1. The van der Waals surface area contributed by atoms with Crippen molar-refractivity contribution in [2.24, 2.45) is 4.99 Å². The highest BCUT2D eigenvalue weighted by atomic mass is 35.5. The van der Waals surface area contributed by atoms with Gasteiger partial charge in [0.25, 0.3) is 0 Å². The molecule has 1 heterocycles. The standard InChI is InChI=1S/C19H19ClN2O/c20-12-6-7-13-22-17-11-5-4-10-16(17)19(21-14-18(22)23)15-8-2-1-3-9-15/h1-5,8-11H,6-7,12-14H2. The lowest BCUT2D eigenvalue weighted by molar-refractivity contribution is -0.117. The topological polar surface area (TPSA) is 32.7 Å². The van der Waals surface area contributed by atoms with Crippen LogP contribution >= 0.6 is 11.6 Å². The van der Waals surface area contributed by atoms with E-state index in [2.05, 4.69) is 4.99 Å². The van der Waals surface area contributed by atoms with Crippen molar-refractivity contribution in [1.29, 1.82) is 0 Å². The minimum absolute atomic E-state index is 0.0398. The number of carbonyl (C=O) groups is 1. The first-order valence-corrected chi connectivity index (χ1v) is 8.40. The number of hydrogen-bond acceptors (Lipinski definition) is 2. The predicted molar refractivity (Wildman–Crippen MR) is 95.7 cm³/mol. The minimum atomic E-state index is 0.0398. The van der Waals surface area contributed by atoms with E-state index in [4.69, 9.17) is 11.6 Å². The number of para-hydroxylation sites is 1. The summed E-state index contributed by atoms with van der Waals surface area (Å²) in [6.07, 6.45) is 1.80. The van der Waals surface area contributed by atoms with E-state index >= 15 is 0 Å². The van der Waals surface area contributed by atoms with Crippen molar-refractivity contribution in [2.75, 3.05) is 23.9 Å². The number of carbonyl (C=O) groups excluding carboxylic acids is 1. The predicted octanol–water partition coefficient (Wildman–Crippen LogP) is 3.89. The Bertz CT molecular complexity index is 712. The molecule has 0 saturated carbocycles. The summed E-state index contributed by atoms with van der Waals surface area (Å²) in [4.78, 5) is 19.0. The first kappa shape index (κ1) is 15.8. The van der Waals surface area contributed by atoms with Crippen molar-refractivity contribution in [2.45, 2.75) is 12.8 Å². The highest BCUT2D eigenvalue weighted by Gasteiger charge is 2.24. The zero-order valence-corrected chi connectivity index (χ0v) is 13.7. The SMILES string of the molecule is O=C1CN=C(c2ccccc2)c2ccccc2N1CCCCCl. The van der Waals surface area contributed by atoms with Crippen LogP contribution in [0.5, 0.6) is 0 Å². The number of rotatable bonds is 5. The third kappa shape index (κ3) is 3.45. The van der Waals surface area contributed by atoms with Gasteiger partial charge in [0.15, 0.2) is 0 Å². The number of amides is 1. The van der Waals surface area contributed by atoms with Crippen molar-refractivity contribution in [3.05, 3.63) is 65.7 Å². The second-order valence-electron chi connectivity index (χ2n) is 5.49. The van der Waals surface area contributed by atoms with Gasteiger partial charge < -0.3 is 4.90 Å². The molecule has 0 N–H and O–H groups in total. The monoisotopic (exact) mass is 326 g/mol.